The average molecular weight is 297 g/mol. The van der Waals surface area contributed by atoms with Crippen LogP contribution in [0.3, 0.4) is 0 Å². The van der Waals surface area contributed by atoms with Crippen LogP contribution in [0.2, 0.25) is 0 Å². The summed E-state index contributed by atoms with van der Waals surface area (Å²) < 4.78 is 0. The van der Waals surface area contributed by atoms with E-state index in [1.165, 1.54) is 69.2 Å². The van der Waals surface area contributed by atoms with Crippen LogP contribution in [-0.2, 0) is 6.42 Å². The minimum atomic E-state index is 0.794. The molecule has 1 aliphatic heterocycles. The van der Waals surface area contributed by atoms with Gasteiger partial charge in [0.2, 0.25) is 0 Å². The van der Waals surface area contributed by atoms with Gasteiger partial charge in [0.1, 0.15) is 0 Å². The third kappa shape index (κ3) is 4.23. The first-order valence-corrected chi connectivity index (χ1v) is 9.23. The van der Waals surface area contributed by atoms with Gasteiger partial charge in [-0.25, -0.2) is 0 Å². The van der Waals surface area contributed by atoms with Crippen molar-refractivity contribution >= 4 is 6.08 Å². The lowest BCUT2D eigenvalue weighted by Gasteiger charge is -2.40. The molecule has 1 aliphatic carbocycles. The molecule has 0 amide bonds. The monoisotopic (exact) mass is 297 g/mol. The topological polar surface area (TPSA) is 3.24 Å². The molecule has 0 N–H and O–H groups in total. The van der Waals surface area contributed by atoms with E-state index in [4.69, 9.17) is 0 Å². The SMILES string of the molecule is CC(C)CCc1ccc(C=C2CCN(C3CCC3)CC2)cc1. The quantitative estimate of drug-likeness (QED) is 0.712. The van der Waals surface area contributed by atoms with E-state index in [1.54, 1.807) is 5.57 Å². The minimum absolute atomic E-state index is 0.794. The van der Waals surface area contributed by atoms with Crippen molar-refractivity contribution in [3.05, 3.63) is 41.0 Å². The van der Waals surface area contributed by atoms with Gasteiger partial charge in [0.15, 0.2) is 0 Å². The molecule has 1 saturated carbocycles. The summed E-state index contributed by atoms with van der Waals surface area (Å²) >= 11 is 0. The van der Waals surface area contributed by atoms with E-state index < -0.39 is 0 Å². The van der Waals surface area contributed by atoms with E-state index in [0.29, 0.717) is 0 Å². The number of benzene rings is 1. The highest BCUT2D eigenvalue weighted by molar-refractivity contribution is 5.53. The molecule has 0 radical (unpaired) electrons. The fourth-order valence-electron chi connectivity index (χ4n) is 3.54. The van der Waals surface area contributed by atoms with Crippen molar-refractivity contribution in [3.8, 4) is 0 Å². The van der Waals surface area contributed by atoms with Gasteiger partial charge in [-0.3, -0.25) is 4.90 Å². The number of piperidine rings is 1. The van der Waals surface area contributed by atoms with E-state index in [9.17, 15) is 0 Å². The Morgan fingerprint density at radius 3 is 2.32 bits per heavy atom. The van der Waals surface area contributed by atoms with E-state index in [0.717, 1.165) is 12.0 Å². The zero-order valence-corrected chi connectivity index (χ0v) is 14.4. The maximum atomic E-state index is 2.72. The molecule has 120 valence electrons. The molecule has 0 atom stereocenters. The van der Waals surface area contributed by atoms with E-state index in [2.05, 4.69) is 49.1 Å². The molecule has 3 rings (SSSR count). The van der Waals surface area contributed by atoms with Crippen molar-refractivity contribution in [1.29, 1.82) is 0 Å². The van der Waals surface area contributed by atoms with Gasteiger partial charge in [-0.2, -0.15) is 0 Å². The Hall–Kier alpha value is -1.08. The summed E-state index contributed by atoms with van der Waals surface area (Å²) in [4.78, 5) is 2.72. The highest BCUT2D eigenvalue weighted by atomic mass is 15.2. The molecule has 1 aromatic rings. The third-order valence-electron chi connectivity index (χ3n) is 5.39. The van der Waals surface area contributed by atoms with Crippen LogP contribution in [0.1, 0.15) is 63.5 Å². The summed E-state index contributed by atoms with van der Waals surface area (Å²) in [5, 5.41) is 0. The number of likely N-dealkylation sites (tertiary alicyclic amines) is 1. The molecule has 2 fully saturated rings. The number of hydrogen-bond donors (Lipinski definition) is 0. The fourth-order valence-corrected chi connectivity index (χ4v) is 3.54. The van der Waals surface area contributed by atoms with E-state index in [1.807, 2.05) is 0 Å². The molecule has 1 heterocycles. The standard InChI is InChI=1S/C21H31N/c1-17(2)6-7-18-8-10-19(11-9-18)16-20-12-14-22(15-13-20)21-4-3-5-21/h8-11,16-17,21H,3-7,12-15H2,1-2H3. The Bertz CT molecular complexity index is 483. The zero-order chi connectivity index (χ0) is 15.4. The molecule has 1 saturated heterocycles. The molecule has 1 heteroatoms. The summed E-state index contributed by atoms with van der Waals surface area (Å²) in [7, 11) is 0. The van der Waals surface area contributed by atoms with Gasteiger partial charge in [0, 0.05) is 19.1 Å². The normalized spacial score (nSPS) is 20.2. The largest absolute Gasteiger partial charge is 0.300 e. The van der Waals surface area contributed by atoms with Crippen molar-refractivity contribution in [3.63, 3.8) is 0 Å². The van der Waals surface area contributed by atoms with Crippen LogP contribution in [0.15, 0.2) is 29.8 Å². The van der Waals surface area contributed by atoms with Crippen LogP contribution in [0.4, 0.5) is 0 Å². The highest BCUT2D eigenvalue weighted by Crippen LogP contribution is 2.29. The summed E-state index contributed by atoms with van der Waals surface area (Å²) in [5.74, 6) is 0.794. The second kappa shape index (κ2) is 7.46. The number of aryl methyl sites for hydroxylation is 1. The molecule has 1 aromatic carbocycles. The van der Waals surface area contributed by atoms with Gasteiger partial charge >= 0.3 is 0 Å². The van der Waals surface area contributed by atoms with Crippen molar-refractivity contribution in [2.75, 3.05) is 13.1 Å². The predicted molar refractivity (Wildman–Crippen MR) is 96.0 cm³/mol. The number of hydrogen-bond acceptors (Lipinski definition) is 1. The van der Waals surface area contributed by atoms with Crippen molar-refractivity contribution in [1.82, 2.24) is 4.90 Å². The van der Waals surface area contributed by atoms with Crippen LogP contribution < -0.4 is 0 Å². The van der Waals surface area contributed by atoms with Crippen LogP contribution >= 0.6 is 0 Å². The lowest BCUT2D eigenvalue weighted by Crippen LogP contribution is -2.43. The van der Waals surface area contributed by atoms with Gasteiger partial charge in [-0.1, -0.05) is 56.2 Å². The summed E-state index contributed by atoms with van der Waals surface area (Å²) in [6.45, 7) is 7.16. The Labute approximate surface area is 136 Å². The lowest BCUT2D eigenvalue weighted by molar-refractivity contribution is 0.118. The van der Waals surface area contributed by atoms with Gasteiger partial charge in [0.25, 0.3) is 0 Å². The van der Waals surface area contributed by atoms with Crippen molar-refractivity contribution in [2.45, 2.75) is 64.8 Å². The molecule has 0 bridgehead atoms. The molecular formula is C21H31N. The third-order valence-corrected chi connectivity index (χ3v) is 5.39. The molecule has 2 aliphatic rings. The molecule has 1 nitrogen and oxygen atoms in total. The summed E-state index contributed by atoms with van der Waals surface area (Å²) in [6, 6.07) is 10.2. The first kappa shape index (κ1) is 15.8. The molecule has 0 aromatic heterocycles. The first-order chi connectivity index (χ1) is 10.7. The van der Waals surface area contributed by atoms with E-state index >= 15 is 0 Å². The molecular weight excluding hydrogens is 266 g/mol. The van der Waals surface area contributed by atoms with Crippen molar-refractivity contribution in [2.24, 2.45) is 5.92 Å². The van der Waals surface area contributed by atoms with Gasteiger partial charge in [-0.15, -0.1) is 0 Å². The Morgan fingerprint density at radius 1 is 1.09 bits per heavy atom. The lowest BCUT2D eigenvalue weighted by atomic mass is 9.89. The Balaban J connectivity index is 1.51. The smallest absolute Gasteiger partial charge is 0.00955 e. The maximum Gasteiger partial charge on any atom is 0.00955 e. The van der Waals surface area contributed by atoms with Gasteiger partial charge in [0.05, 0.1) is 0 Å². The first-order valence-electron chi connectivity index (χ1n) is 9.23. The molecule has 0 unspecified atom stereocenters. The summed E-state index contributed by atoms with van der Waals surface area (Å²) in [5.41, 5.74) is 4.52. The van der Waals surface area contributed by atoms with Crippen LogP contribution in [0.5, 0.6) is 0 Å². The Kier molecular flexibility index (Phi) is 5.36. The fraction of sp³-hybridized carbons (Fsp3) is 0.619. The van der Waals surface area contributed by atoms with Gasteiger partial charge in [-0.05, 0) is 55.6 Å². The van der Waals surface area contributed by atoms with Gasteiger partial charge < -0.3 is 0 Å². The van der Waals surface area contributed by atoms with Crippen molar-refractivity contribution < 1.29 is 0 Å². The number of nitrogens with zero attached hydrogens (tertiary/aromatic N) is 1. The zero-order valence-electron chi connectivity index (χ0n) is 14.4. The second-order valence-electron chi connectivity index (χ2n) is 7.60. The predicted octanol–water partition coefficient (Wildman–Crippen LogP) is 5.31. The Morgan fingerprint density at radius 2 is 1.77 bits per heavy atom. The average Bonchev–Trinajstić information content (AvgIpc) is 2.47. The second-order valence-corrected chi connectivity index (χ2v) is 7.60. The van der Waals surface area contributed by atoms with E-state index in [-0.39, 0.29) is 0 Å². The maximum absolute atomic E-state index is 2.72. The minimum Gasteiger partial charge on any atom is -0.300 e. The number of rotatable bonds is 5. The van der Waals surface area contributed by atoms with Crippen LogP contribution in [0.25, 0.3) is 6.08 Å². The summed E-state index contributed by atoms with van der Waals surface area (Å²) in [6.07, 6.45) is 11.8. The highest BCUT2D eigenvalue weighted by Gasteiger charge is 2.26. The molecule has 22 heavy (non-hydrogen) atoms. The molecule has 0 spiro atoms. The van der Waals surface area contributed by atoms with Crippen LogP contribution in [-0.4, -0.2) is 24.0 Å². The van der Waals surface area contributed by atoms with Crippen LogP contribution in [0, 0.1) is 5.92 Å².